The fourth-order valence-electron chi connectivity index (χ4n) is 1.12. The second-order valence-corrected chi connectivity index (χ2v) is 3.15. The van der Waals surface area contributed by atoms with Gasteiger partial charge in [0.25, 0.3) is 0 Å². The lowest BCUT2D eigenvalue weighted by atomic mass is 10.3. The third kappa shape index (κ3) is 5.58. The van der Waals surface area contributed by atoms with Gasteiger partial charge in [-0.15, -0.1) is 0 Å². The summed E-state index contributed by atoms with van der Waals surface area (Å²) < 4.78 is 10.8. The van der Waals surface area contributed by atoms with Crippen LogP contribution in [0.15, 0.2) is 67.5 Å². The Labute approximate surface area is 102 Å². The van der Waals surface area contributed by atoms with Gasteiger partial charge in [-0.05, 0) is 24.3 Å². The smallest absolute Gasteiger partial charge is 0.142 e. The van der Waals surface area contributed by atoms with E-state index in [0.29, 0.717) is 19.2 Å². The van der Waals surface area contributed by atoms with Crippen LogP contribution >= 0.6 is 0 Å². The van der Waals surface area contributed by atoms with Gasteiger partial charge in [0.1, 0.15) is 25.0 Å². The monoisotopic (exact) mass is 231 g/mol. The van der Waals surface area contributed by atoms with Gasteiger partial charge in [0.2, 0.25) is 0 Å². The Bertz CT molecular complexity index is 371. The van der Waals surface area contributed by atoms with Gasteiger partial charge < -0.3 is 9.47 Å². The molecule has 0 aliphatic carbocycles. The summed E-state index contributed by atoms with van der Waals surface area (Å²) >= 11 is 0. The Morgan fingerprint density at radius 3 is 2.59 bits per heavy atom. The molecule has 0 aromatic heterocycles. The van der Waals surface area contributed by atoms with Crippen LogP contribution in [0.25, 0.3) is 0 Å². The lowest BCUT2D eigenvalue weighted by Gasteiger charge is -2.09. The van der Waals surface area contributed by atoms with Crippen LogP contribution < -0.4 is 10.1 Å². The van der Waals surface area contributed by atoms with E-state index in [1.807, 2.05) is 30.3 Å². The van der Waals surface area contributed by atoms with Gasteiger partial charge in [0.15, 0.2) is 0 Å². The third-order valence-electron chi connectivity index (χ3n) is 1.91. The average Bonchev–Trinajstić information content (AvgIpc) is 2.38. The first kappa shape index (κ1) is 13.1. The van der Waals surface area contributed by atoms with Crippen molar-refractivity contribution in [2.45, 2.75) is 0 Å². The fraction of sp³-hybridized carbons (Fsp3) is 0.143. The van der Waals surface area contributed by atoms with Crippen molar-refractivity contribution < 1.29 is 9.47 Å². The second kappa shape index (κ2) is 8.19. The van der Waals surface area contributed by atoms with Crippen LogP contribution in [-0.2, 0) is 4.74 Å². The van der Waals surface area contributed by atoms with E-state index in [0.717, 1.165) is 5.75 Å². The van der Waals surface area contributed by atoms with E-state index in [1.165, 1.54) is 0 Å². The molecule has 0 heterocycles. The molecule has 1 aromatic carbocycles. The van der Waals surface area contributed by atoms with E-state index < -0.39 is 0 Å². The number of hydrogen-bond acceptors (Lipinski definition) is 3. The predicted octanol–water partition coefficient (Wildman–Crippen LogP) is 2.84. The molecular weight excluding hydrogens is 214 g/mol. The summed E-state index contributed by atoms with van der Waals surface area (Å²) in [6, 6.07) is 9.59. The van der Waals surface area contributed by atoms with Gasteiger partial charge in [-0.2, -0.15) is 0 Å². The van der Waals surface area contributed by atoms with E-state index in [4.69, 9.17) is 9.47 Å². The first-order valence-electron chi connectivity index (χ1n) is 5.33. The van der Waals surface area contributed by atoms with Gasteiger partial charge >= 0.3 is 0 Å². The average molecular weight is 231 g/mol. The molecule has 0 spiro atoms. The van der Waals surface area contributed by atoms with Crippen LogP contribution in [0.5, 0.6) is 5.75 Å². The minimum atomic E-state index is 0.360. The zero-order valence-corrected chi connectivity index (χ0v) is 9.76. The summed E-state index contributed by atoms with van der Waals surface area (Å²) in [5.74, 6) is 1.50. The van der Waals surface area contributed by atoms with Crippen LogP contribution in [0, 0.1) is 0 Å². The van der Waals surface area contributed by atoms with Gasteiger partial charge in [0, 0.05) is 0 Å². The summed E-state index contributed by atoms with van der Waals surface area (Å²) in [6.07, 6.45) is 5.02. The number of para-hydroxylation sites is 1. The molecule has 1 rings (SSSR count). The highest BCUT2D eigenvalue weighted by Gasteiger charge is 1.92. The van der Waals surface area contributed by atoms with Crippen LogP contribution in [0.2, 0.25) is 0 Å². The molecule has 1 N–H and O–H groups in total. The zero-order valence-electron chi connectivity index (χ0n) is 9.76. The molecule has 90 valence electrons. The Morgan fingerprint density at radius 2 is 1.94 bits per heavy atom. The lowest BCUT2D eigenvalue weighted by molar-refractivity contribution is 0.162. The molecule has 0 amide bonds. The molecule has 0 bridgehead atoms. The first-order valence-corrected chi connectivity index (χ1v) is 5.33. The number of hydrogen-bond donors (Lipinski definition) is 1. The fourth-order valence-corrected chi connectivity index (χ4v) is 1.12. The molecule has 0 radical (unpaired) electrons. The highest BCUT2D eigenvalue weighted by molar-refractivity contribution is 5.20. The standard InChI is InChI=1S/C14H17NO2/c1-3-8-13(4-2)16-11-15-12-17-14-9-6-5-7-10-14/h3-10,15H,1-2,11-12H2. The molecule has 0 saturated heterocycles. The van der Waals surface area contributed by atoms with Crippen molar-refractivity contribution in [1.82, 2.24) is 5.32 Å². The SMILES string of the molecule is C=CC=C(C=C)OCNCOc1ccccc1. The zero-order chi connectivity index (χ0) is 12.3. The van der Waals surface area contributed by atoms with Crippen molar-refractivity contribution in [3.8, 4) is 5.75 Å². The van der Waals surface area contributed by atoms with Crippen molar-refractivity contribution in [3.05, 3.63) is 67.5 Å². The number of rotatable bonds is 8. The van der Waals surface area contributed by atoms with Crippen molar-refractivity contribution in [2.75, 3.05) is 13.5 Å². The molecule has 17 heavy (non-hydrogen) atoms. The van der Waals surface area contributed by atoms with E-state index in [1.54, 1.807) is 18.2 Å². The summed E-state index contributed by atoms with van der Waals surface area (Å²) in [5, 5.41) is 2.99. The minimum Gasteiger partial charge on any atom is -0.478 e. The summed E-state index contributed by atoms with van der Waals surface area (Å²) in [7, 11) is 0. The van der Waals surface area contributed by atoms with Crippen LogP contribution in [0.3, 0.4) is 0 Å². The Balaban J connectivity index is 2.14. The maximum atomic E-state index is 5.42. The van der Waals surface area contributed by atoms with Gasteiger partial charge in [-0.25, -0.2) is 0 Å². The van der Waals surface area contributed by atoms with Crippen molar-refractivity contribution in [2.24, 2.45) is 0 Å². The molecule has 0 fully saturated rings. The van der Waals surface area contributed by atoms with Gasteiger partial charge in [-0.1, -0.05) is 37.4 Å². The number of ether oxygens (including phenoxy) is 2. The molecule has 0 saturated carbocycles. The summed E-state index contributed by atoms with van der Waals surface area (Å²) in [5.41, 5.74) is 0. The van der Waals surface area contributed by atoms with E-state index in [2.05, 4.69) is 18.5 Å². The minimum absolute atomic E-state index is 0.360. The highest BCUT2D eigenvalue weighted by Crippen LogP contribution is 2.07. The summed E-state index contributed by atoms with van der Waals surface area (Å²) in [6.45, 7) is 7.96. The van der Waals surface area contributed by atoms with Crippen LogP contribution in [0.1, 0.15) is 0 Å². The molecule has 3 heteroatoms. The Kier molecular flexibility index (Phi) is 6.29. The Hall–Kier alpha value is -2.00. The van der Waals surface area contributed by atoms with Crippen molar-refractivity contribution in [3.63, 3.8) is 0 Å². The van der Waals surface area contributed by atoms with Crippen LogP contribution in [0.4, 0.5) is 0 Å². The molecular formula is C14H17NO2. The lowest BCUT2D eigenvalue weighted by Crippen LogP contribution is -2.22. The normalized spacial score (nSPS) is 10.7. The van der Waals surface area contributed by atoms with Crippen molar-refractivity contribution >= 4 is 0 Å². The molecule has 0 atom stereocenters. The summed E-state index contributed by atoms with van der Waals surface area (Å²) in [4.78, 5) is 0. The number of allylic oxidation sites excluding steroid dienone is 3. The highest BCUT2D eigenvalue weighted by atomic mass is 16.5. The second-order valence-electron chi connectivity index (χ2n) is 3.15. The number of nitrogens with one attached hydrogen (secondary N) is 1. The van der Waals surface area contributed by atoms with Crippen molar-refractivity contribution in [1.29, 1.82) is 0 Å². The molecule has 0 aliphatic heterocycles. The molecule has 3 nitrogen and oxygen atoms in total. The molecule has 1 aromatic rings. The largest absolute Gasteiger partial charge is 0.478 e. The van der Waals surface area contributed by atoms with Gasteiger partial charge in [-0.3, -0.25) is 5.32 Å². The number of benzene rings is 1. The van der Waals surface area contributed by atoms with Gasteiger partial charge in [0.05, 0.1) is 0 Å². The molecule has 0 unspecified atom stereocenters. The maximum absolute atomic E-state index is 5.42. The predicted molar refractivity (Wildman–Crippen MR) is 69.5 cm³/mol. The topological polar surface area (TPSA) is 30.5 Å². The Morgan fingerprint density at radius 1 is 1.18 bits per heavy atom. The van der Waals surface area contributed by atoms with Crippen LogP contribution in [-0.4, -0.2) is 13.5 Å². The third-order valence-corrected chi connectivity index (χ3v) is 1.91. The van der Waals surface area contributed by atoms with E-state index >= 15 is 0 Å². The van der Waals surface area contributed by atoms with E-state index in [9.17, 15) is 0 Å². The first-order chi connectivity index (χ1) is 8.36. The molecule has 0 aliphatic rings. The maximum Gasteiger partial charge on any atom is 0.142 e. The van der Waals surface area contributed by atoms with E-state index in [-0.39, 0.29) is 0 Å². The quantitative estimate of drug-likeness (QED) is 0.323.